The van der Waals surface area contributed by atoms with Gasteiger partial charge in [-0.05, 0) is 55.5 Å². The minimum Gasteiger partial charge on any atom is -0.497 e. The van der Waals surface area contributed by atoms with Crippen LogP contribution >= 0.6 is 11.3 Å². The highest BCUT2D eigenvalue weighted by Crippen LogP contribution is 2.29. The minimum absolute atomic E-state index is 0.314. The number of benzene rings is 1. The van der Waals surface area contributed by atoms with Gasteiger partial charge in [-0.3, -0.25) is 0 Å². The molecule has 4 heteroatoms. The van der Waals surface area contributed by atoms with Crippen molar-refractivity contribution in [3.05, 3.63) is 46.2 Å². The van der Waals surface area contributed by atoms with Crippen molar-refractivity contribution in [2.75, 3.05) is 21.3 Å². The molecule has 0 aliphatic heterocycles. The van der Waals surface area contributed by atoms with Gasteiger partial charge >= 0.3 is 0 Å². The normalized spacial score (nSPS) is 12.1. The van der Waals surface area contributed by atoms with E-state index in [1.165, 1.54) is 10.4 Å². The van der Waals surface area contributed by atoms with E-state index in [4.69, 9.17) is 9.47 Å². The Balaban J connectivity index is 2.02. The first-order valence-electron chi connectivity index (χ1n) is 7.19. The average molecular weight is 305 g/mol. The van der Waals surface area contributed by atoms with Crippen molar-refractivity contribution < 1.29 is 9.47 Å². The summed E-state index contributed by atoms with van der Waals surface area (Å²) in [4.78, 5) is 1.45. The Morgan fingerprint density at radius 2 is 1.86 bits per heavy atom. The Kier molecular flexibility index (Phi) is 6.08. The minimum atomic E-state index is 0.314. The quantitative estimate of drug-likeness (QED) is 0.798. The number of hydrogen-bond donors (Lipinski definition) is 1. The van der Waals surface area contributed by atoms with Crippen molar-refractivity contribution in [1.29, 1.82) is 0 Å². The monoisotopic (exact) mass is 305 g/mol. The van der Waals surface area contributed by atoms with E-state index in [0.717, 1.165) is 30.8 Å². The van der Waals surface area contributed by atoms with Crippen molar-refractivity contribution in [1.82, 2.24) is 5.32 Å². The van der Waals surface area contributed by atoms with E-state index < -0.39 is 0 Å². The van der Waals surface area contributed by atoms with Crippen molar-refractivity contribution in [2.24, 2.45) is 0 Å². The molecule has 0 spiro atoms. The fourth-order valence-electron chi connectivity index (χ4n) is 2.44. The second-order valence-electron chi connectivity index (χ2n) is 4.96. The van der Waals surface area contributed by atoms with Crippen LogP contribution in [-0.4, -0.2) is 21.3 Å². The van der Waals surface area contributed by atoms with E-state index >= 15 is 0 Å². The van der Waals surface area contributed by atoms with Gasteiger partial charge in [0.25, 0.3) is 0 Å². The number of rotatable bonds is 8. The lowest BCUT2D eigenvalue weighted by atomic mass is 10.00. The standard InChI is InChI=1S/C17H23NO2S/c1-18-17(8-4-6-16-7-5-9-21-16)13-10-14(19-2)12-15(11-13)20-3/h5,7,9-12,17-18H,4,6,8H2,1-3H3. The summed E-state index contributed by atoms with van der Waals surface area (Å²) >= 11 is 1.83. The van der Waals surface area contributed by atoms with Gasteiger partial charge in [-0.2, -0.15) is 0 Å². The zero-order chi connectivity index (χ0) is 15.1. The van der Waals surface area contributed by atoms with Crippen molar-refractivity contribution in [3.8, 4) is 11.5 Å². The van der Waals surface area contributed by atoms with Gasteiger partial charge in [-0.1, -0.05) is 6.07 Å². The molecule has 1 aromatic heterocycles. The number of thiophene rings is 1. The molecule has 2 aromatic rings. The van der Waals surface area contributed by atoms with E-state index in [0.29, 0.717) is 6.04 Å². The summed E-state index contributed by atoms with van der Waals surface area (Å²) in [5.41, 5.74) is 1.21. The molecule has 0 amide bonds. The second kappa shape index (κ2) is 8.05. The summed E-state index contributed by atoms with van der Waals surface area (Å²) in [6.07, 6.45) is 3.38. The molecule has 2 rings (SSSR count). The molecular formula is C17H23NO2S. The number of methoxy groups -OCH3 is 2. The smallest absolute Gasteiger partial charge is 0.122 e. The molecule has 3 nitrogen and oxygen atoms in total. The molecule has 1 aromatic carbocycles. The third-order valence-corrected chi connectivity index (χ3v) is 4.56. The first-order valence-corrected chi connectivity index (χ1v) is 8.07. The first kappa shape index (κ1) is 15.9. The highest BCUT2D eigenvalue weighted by molar-refractivity contribution is 7.09. The van der Waals surface area contributed by atoms with Crippen LogP contribution in [0.3, 0.4) is 0 Å². The zero-order valence-electron chi connectivity index (χ0n) is 12.9. The predicted octanol–water partition coefficient (Wildman–Crippen LogP) is 4.05. The van der Waals surface area contributed by atoms with E-state index in [9.17, 15) is 0 Å². The van der Waals surface area contributed by atoms with Crippen LogP contribution in [0.1, 0.15) is 29.3 Å². The third kappa shape index (κ3) is 4.48. The van der Waals surface area contributed by atoms with Crippen molar-refractivity contribution in [3.63, 3.8) is 0 Å². The van der Waals surface area contributed by atoms with E-state index in [1.807, 2.05) is 24.5 Å². The molecule has 0 saturated heterocycles. The van der Waals surface area contributed by atoms with Gasteiger partial charge in [-0.25, -0.2) is 0 Å². The molecular weight excluding hydrogens is 282 g/mol. The Labute approximate surface area is 130 Å². The second-order valence-corrected chi connectivity index (χ2v) is 5.99. The number of ether oxygens (including phenoxy) is 2. The molecule has 0 saturated carbocycles. The Hall–Kier alpha value is -1.52. The molecule has 0 fully saturated rings. The van der Waals surface area contributed by atoms with Crippen LogP contribution in [0.15, 0.2) is 35.7 Å². The molecule has 21 heavy (non-hydrogen) atoms. The van der Waals surface area contributed by atoms with Crippen LogP contribution in [0.4, 0.5) is 0 Å². The van der Waals surface area contributed by atoms with Crippen LogP contribution in [0.2, 0.25) is 0 Å². The van der Waals surface area contributed by atoms with Gasteiger partial charge in [0.1, 0.15) is 11.5 Å². The number of hydrogen-bond acceptors (Lipinski definition) is 4. The van der Waals surface area contributed by atoms with Crippen LogP contribution in [0.25, 0.3) is 0 Å². The molecule has 0 radical (unpaired) electrons. The lowest BCUT2D eigenvalue weighted by Gasteiger charge is -2.18. The summed E-state index contributed by atoms with van der Waals surface area (Å²) in [6.45, 7) is 0. The van der Waals surface area contributed by atoms with Gasteiger partial charge in [0, 0.05) is 17.0 Å². The van der Waals surface area contributed by atoms with Gasteiger partial charge in [0.05, 0.1) is 14.2 Å². The molecule has 1 unspecified atom stereocenters. The summed E-state index contributed by atoms with van der Waals surface area (Å²) in [5.74, 6) is 1.67. The maximum atomic E-state index is 5.35. The fraction of sp³-hybridized carbons (Fsp3) is 0.412. The van der Waals surface area contributed by atoms with Crippen molar-refractivity contribution in [2.45, 2.75) is 25.3 Å². The Morgan fingerprint density at radius 3 is 2.38 bits per heavy atom. The predicted molar refractivity (Wildman–Crippen MR) is 88.6 cm³/mol. The molecule has 114 valence electrons. The average Bonchev–Trinajstić information content (AvgIpc) is 3.04. The van der Waals surface area contributed by atoms with Crippen LogP contribution in [0, 0.1) is 0 Å². The van der Waals surface area contributed by atoms with E-state index in [2.05, 4.69) is 35.0 Å². The lowest BCUT2D eigenvalue weighted by Crippen LogP contribution is -2.16. The highest BCUT2D eigenvalue weighted by atomic mass is 32.1. The van der Waals surface area contributed by atoms with Crippen molar-refractivity contribution >= 4 is 11.3 Å². The Morgan fingerprint density at radius 1 is 1.14 bits per heavy atom. The largest absolute Gasteiger partial charge is 0.497 e. The van der Waals surface area contributed by atoms with Crippen LogP contribution in [0.5, 0.6) is 11.5 Å². The molecule has 0 aliphatic carbocycles. The fourth-order valence-corrected chi connectivity index (χ4v) is 3.19. The van der Waals surface area contributed by atoms with Crippen LogP contribution in [-0.2, 0) is 6.42 Å². The lowest BCUT2D eigenvalue weighted by molar-refractivity contribution is 0.391. The number of aryl methyl sites for hydroxylation is 1. The Bertz CT molecular complexity index is 517. The molecule has 1 N–H and O–H groups in total. The van der Waals surface area contributed by atoms with Gasteiger partial charge < -0.3 is 14.8 Å². The van der Waals surface area contributed by atoms with Crippen LogP contribution < -0.4 is 14.8 Å². The summed E-state index contributed by atoms with van der Waals surface area (Å²) in [7, 11) is 5.37. The maximum absolute atomic E-state index is 5.35. The topological polar surface area (TPSA) is 30.5 Å². The summed E-state index contributed by atoms with van der Waals surface area (Å²) in [6, 6.07) is 10.7. The maximum Gasteiger partial charge on any atom is 0.122 e. The highest BCUT2D eigenvalue weighted by Gasteiger charge is 2.12. The van der Waals surface area contributed by atoms with Gasteiger partial charge in [0.15, 0.2) is 0 Å². The molecule has 0 aliphatic rings. The molecule has 0 bridgehead atoms. The third-order valence-electron chi connectivity index (χ3n) is 3.62. The van der Waals surface area contributed by atoms with E-state index in [1.54, 1.807) is 14.2 Å². The summed E-state index contributed by atoms with van der Waals surface area (Å²) in [5, 5.41) is 5.53. The SMILES string of the molecule is CNC(CCCc1cccs1)c1cc(OC)cc(OC)c1. The van der Waals surface area contributed by atoms with Gasteiger partial charge in [-0.15, -0.1) is 11.3 Å². The number of nitrogens with one attached hydrogen (secondary N) is 1. The molecule has 1 heterocycles. The first-order chi connectivity index (χ1) is 10.3. The van der Waals surface area contributed by atoms with Gasteiger partial charge in [0.2, 0.25) is 0 Å². The van der Waals surface area contributed by atoms with E-state index in [-0.39, 0.29) is 0 Å². The molecule has 1 atom stereocenters. The zero-order valence-corrected chi connectivity index (χ0v) is 13.7. The summed E-state index contributed by atoms with van der Waals surface area (Å²) < 4.78 is 10.7.